The van der Waals surface area contributed by atoms with Crippen molar-refractivity contribution < 1.29 is 9.59 Å². The highest BCUT2D eigenvalue weighted by Gasteiger charge is 2.36. The van der Waals surface area contributed by atoms with E-state index < -0.39 is 6.04 Å². The lowest BCUT2D eigenvalue weighted by Gasteiger charge is -2.27. The molecule has 3 aromatic carbocycles. The second-order valence-corrected chi connectivity index (χ2v) is 6.61. The molecular weight excluding hydrogens is 336 g/mol. The third kappa shape index (κ3) is 3.47. The molecule has 4 nitrogen and oxygen atoms in total. The van der Waals surface area contributed by atoms with Crippen LogP contribution in [0.1, 0.15) is 33.1 Å². The van der Waals surface area contributed by atoms with Crippen LogP contribution in [0.5, 0.6) is 0 Å². The zero-order chi connectivity index (χ0) is 18.6. The Balaban J connectivity index is 1.61. The van der Waals surface area contributed by atoms with E-state index in [1.807, 2.05) is 84.9 Å². The van der Waals surface area contributed by atoms with Crippen LogP contribution in [0.25, 0.3) is 0 Å². The van der Waals surface area contributed by atoms with E-state index in [-0.39, 0.29) is 11.8 Å². The minimum Gasteiger partial charge on any atom is -0.350 e. The van der Waals surface area contributed by atoms with Gasteiger partial charge in [0.1, 0.15) is 6.04 Å². The van der Waals surface area contributed by atoms with Crippen molar-refractivity contribution >= 4 is 11.8 Å². The third-order valence-electron chi connectivity index (χ3n) is 4.83. The number of amides is 2. The lowest BCUT2D eigenvalue weighted by molar-refractivity contribution is -0.126. The van der Waals surface area contributed by atoms with Gasteiger partial charge in [-0.2, -0.15) is 0 Å². The first-order chi connectivity index (χ1) is 13.2. The minimum absolute atomic E-state index is 0.102. The van der Waals surface area contributed by atoms with Gasteiger partial charge in [0.05, 0.1) is 0 Å². The summed E-state index contributed by atoms with van der Waals surface area (Å²) in [5, 5.41) is 2.99. The van der Waals surface area contributed by atoms with E-state index in [4.69, 9.17) is 0 Å². The molecule has 1 atom stereocenters. The molecule has 3 aromatic rings. The molecule has 1 N–H and O–H groups in total. The predicted molar refractivity (Wildman–Crippen MR) is 104 cm³/mol. The average Bonchev–Trinajstić information content (AvgIpc) is 3.05. The fourth-order valence-electron chi connectivity index (χ4n) is 3.48. The molecule has 0 radical (unpaired) electrons. The maximum Gasteiger partial charge on any atom is 0.255 e. The van der Waals surface area contributed by atoms with E-state index in [9.17, 15) is 9.59 Å². The highest BCUT2D eigenvalue weighted by atomic mass is 16.2. The van der Waals surface area contributed by atoms with Gasteiger partial charge in [-0.25, -0.2) is 0 Å². The molecule has 0 saturated heterocycles. The molecule has 1 aliphatic rings. The molecule has 1 aliphatic heterocycles. The largest absolute Gasteiger partial charge is 0.350 e. The number of rotatable bonds is 5. The van der Waals surface area contributed by atoms with Crippen LogP contribution in [0.4, 0.5) is 0 Å². The smallest absolute Gasteiger partial charge is 0.255 e. The first kappa shape index (κ1) is 17.0. The molecule has 0 aliphatic carbocycles. The third-order valence-corrected chi connectivity index (χ3v) is 4.83. The van der Waals surface area contributed by atoms with E-state index in [0.29, 0.717) is 18.7 Å². The number of carbonyl (C=O) groups is 2. The fourth-order valence-corrected chi connectivity index (χ4v) is 3.48. The number of nitrogens with one attached hydrogen (secondary N) is 1. The second kappa shape index (κ2) is 7.46. The quantitative estimate of drug-likeness (QED) is 0.758. The summed E-state index contributed by atoms with van der Waals surface area (Å²) in [7, 11) is 0. The Morgan fingerprint density at radius 3 is 2.22 bits per heavy atom. The van der Waals surface area contributed by atoms with Crippen molar-refractivity contribution in [2.45, 2.75) is 19.1 Å². The van der Waals surface area contributed by atoms with E-state index in [1.165, 1.54) is 0 Å². The summed E-state index contributed by atoms with van der Waals surface area (Å²) in [5.41, 5.74) is 3.46. The maximum absolute atomic E-state index is 13.1. The Hall–Kier alpha value is -3.40. The van der Waals surface area contributed by atoms with Crippen LogP contribution >= 0.6 is 0 Å². The fraction of sp³-hybridized carbons (Fsp3) is 0.130. The summed E-state index contributed by atoms with van der Waals surface area (Å²) < 4.78 is 0. The van der Waals surface area contributed by atoms with Crippen LogP contribution in [-0.4, -0.2) is 16.7 Å². The number of hydrogen-bond acceptors (Lipinski definition) is 2. The van der Waals surface area contributed by atoms with Crippen LogP contribution in [-0.2, 0) is 17.9 Å². The van der Waals surface area contributed by atoms with Crippen molar-refractivity contribution in [2.75, 3.05) is 0 Å². The first-order valence-corrected chi connectivity index (χ1v) is 8.99. The SMILES string of the molecule is O=C(NCc1ccccc1)C(c1ccccc1)N1Cc2ccccc2C1=O. The molecule has 1 unspecified atom stereocenters. The summed E-state index contributed by atoms with van der Waals surface area (Å²) in [6, 6.07) is 26.1. The molecule has 134 valence electrons. The molecule has 4 heteroatoms. The van der Waals surface area contributed by atoms with Gasteiger partial charge in [-0.15, -0.1) is 0 Å². The molecule has 0 spiro atoms. The molecular formula is C23H20N2O2. The Labute approximate surface area is 158 Å². The van der Waals surface area contributed by atoms with Crippen LogP contribution in [0.2, 0.25) is 0 Å². The van der Waals surface area contributed by atoms with Crippen molar-refractivity contribution in [3.63, 3.8) is 0 Å². The molecule has 2 amide bonds. The normalized spacial score (nSPS) is 13.9. The van der Waals surface area contributed by atoms with Gasteiger partial charge in [-0.3, -0.25) is 9.59 Å². The van der Waals surface area contributed by atoms with E-state index in [2.05, 4.69) is 5.32 Å². The van der Waals surface area contributed by atoms with Gasteiger partial charge in [0.25, 0.3) is 5.91 Å². The van der Waals surface area contributed by atoms with Gasteiger partial charge in [-0.1, -0.05) is 78.9 Å². The highest BCUT2D eigenvalue weighted by Crippen LogP contribution is 2.31. The van der Waals surface area contributed by atoms with Gasteiger partial charge < -0.3 is 10.2 Å². The average molecular weight is 356 g/mol. The summed E-state index contributed by atoms with van der Waals surface area (Å²) in [5.74, 6) is -0.277. The van der Waals surface area contributed by atoms with Gasteiger partial charge in [0.15, 0.2) is 0 Å². The molecule has 4 rings (SSSR count). The summed E-state index contributed by atoms with van der Waals surface area (Å²) in [4.78, 5) is 27.7. The van der Waals surface area contributed by atoms with Gasteiger partial charge in [0.2, 0.25) is 5.91 Å². The Morgan fingerprint density at radius 2 is 1.52 bits per heavy atom. The number of nitrogens with zero attached hydrogens (tertiary/aromatic N) is 1. The molecule has 0 bridgehead atoms. The van der Waals surface area contributed by atoms with E-state index in [1.54, 1.807) is 4.90 Å². The molecule has 0 fully saturated rings. The van der Waals surface area contributed by atoms with Crippen molar-refractivity contribution in [2.24, 2.45) is 0 Å². The zero-order valence-electron chi connectivity index (χ0n) is 14.8. The van der Waals surface area contributed by atoms with Crippen molar-refractivity contribution in [3.05, 3.63) is 107 Å². The van der Waals surface area contributed by atoms with E-state index >= 15 is 0 Å². The zero-order valence-corrected chi connectivity index (χ0v) is 14.8. The van der Waals surface area contributed by atoms with Gasteiger partial charge in [0, 0.05) is 18.7 Å². The number of fused-ring (bicyclic) bond motifs is 1. The number of benzene rings is 3. The standard InChI is InChI=1S/C23H20N2O2/c26-22(24-15-17-9-3-1-4-10-17)21(18-11-5-2-6-12-18)25-16-19-13-7-8-14-20(19)23(25)27/h1-14,21H,15-16H2,(H,24,26). The summed E-state index contributed by atoms with van der Waals surface area (Å²) in [6.45, 7) is 0.866. The second-order valence-electron chi connectivity index (χ2n) is 6.61. The summed E-state index contributed by atoms with van der Waals surface area (Å²) >= 11 is 0. The highest BCUT2D eigenvalue weighted by molar-refractivity contribution is 6.01. The van der Waals surface area contributed by atoms with Crippen LogP contribution in [0, 0.1) is 0 Å². The Kier molecular flexibility index (Phi) is 4.71. The van der Waals surface area contributed by atoms with E-state index in [0.717, 1.165) is 16.7 Å². The number of hydrogen-bond donors (Lipinski definition) is 1. The lowest BCUT2D eigenvalue weighted by atomic mass is 10.0. The van der Waals surface area contributed by atoms with Crippen molar-refractivity contribution in [1.82, 2.24) is 10.2 Å². The van der Waals surface area contributed by atoms with Crippen LogP contribution in [0.15, 0.2) is 84.9 Å². The topological polar surface area (TPSA) is 49.4 Å². The molecule has 0 saturated carbocycles. The molecule has 1 heterocycles. The van der Waals surface area contributed by atoms with Crippen molar-refractivity contribution in [3.8, 4) is 0 Å². The van der Waals surface area contributed by atoms with Crippen molar-refractivity contribution in [1.29, 1.82) is 0 Å². The Bertz CT molecular complexity index is 954. The maximum atomic E-state index is 13.1. The van der Waals surface area contributed by atoms with Gasteiger partial charge in [-0.05, 0) is 22.8 Å². The monoisotopic (exact) mass is 356 g/mol. The lowest BCUT2D eigenvalue weighted by Crippen LogP contribution is -2.40. The van der Waals surface area contributed by atoms with Gasteiger partial charge >= 0.3 is 0 Å². The Morgan fingerprint density at radius 1 is 0.889 bits per heavy atom. The van der Waals surface area contributed by atoms with Crippen LogP contribution in [0.3, 0.4) is 0 Å². The van der Waals surface area contributed by atoms with Crippen LogP contribution < -0.4 is 5.32 Å². The first-order valence-electron chi connectivity index (χ1n) is 8.99. The molecule has 0 aromatic heterocycles. The predicted octanol–water partition coefficient (Wildman–Crippen LogP) is 3.70. The molecule has 27 heavy (non-hydrogen) atoms. The minimum atomic E-state index is -0.658. The summed E-state index contributed by atoms with van der Waals surface area (Å²) in [6.07, 6.45) is 0. The number of carbonyl (C=O) groups excluding carboxylic acids is 2.